The van der Waals surface area contributed by atoms with E-state index in [1.807, 2.05) is 88.4 Å². The minimum atomic E-state index is -4.94. The number of hydrogen-bond donors (Lipinski definition) is 0. The fourth-order valence-electron chi connectivity index (χ4n) is 14.7. The molecule has 135 heavy (non-hydrogen) atoms. The number of rotatable bonds is 24. The molecule has 18 rings (SSSR count). The summed E-state index contributed by atoms with van der Waals surface area (Å²) in [6, 6.07) is 161. The normalized spacial score (nSPS) is 10.7. The number of ether oxygens (including phenoxy) is 2. The van der Waals surface area contributed by atoms with Crippen molar-refractivity contribution in [1.82, 2.24) is 9.13 Å². The summed E-state index contributed by atoms with van der Waals surface area (Å²) in [6.07, 6.45) is 14.7. The van der Waals surface area contributed by atoms with Gasteiger partial charge in [0.2, 0.25) is 0 Å². The van der Waals surface area contributed by atoms with Crippen molar-refractivity contribution < 1.29 is 133 Å². The van der Waals surface area contributed by atoms with Crippen LogP contribution in [-0.4, -0.2) is 59.2 Å². The molecule has 0 spiro atoms. The van der Waals surface area contributed by atoms with Gasteiger partial charge in [0, 0.05) is 94.0 Å². The fraction of sp³-hybridized carbons (Fsp3) is 0.107. The molecule has 0 aliphatic heterocycles. The molecule has 0 saturated carbocycles. The van der Waals surface area contributed by atoms with Gasteiger partial charge in [0.25, 0.3) is 0 Å². The minimum absolute atomic E-state index is 0. The van der Waals surface area contributed by atoms with Gasteiger partial charge in [-0.1, -0.05) is 404 Å². The van der Waals surface area contributed by atoms with Gasteiger partial charge in [0.15, 0.2) is 0 Å². The summed E-state index contributed by atoms with van der Waals surface area (Å²) in [5, 5.41) is 19.7. The maximum Gasteiger partial charge on any atom is 2.00 e. The molecule has 0 aliphatic carbocycles. The molecule has 0 N–H and O–H groups in total. The molecule has 0 bridgehead atoms. The van der Waals surface area contributed by atoms with E-state index >= 15 is 0 Å². The number of benzene rings is 16. The second-order valence-electron chi connectivity index (χ2n) is 29.1. The summed E-state index contributed by atoms with van der Waals surface area (Å²) >= 11 is 0. The second-order valence-corrected chi connectivity index (χ2v) is 45.9. The van der Waals surface area contributed by atoms with Crippen molar-refractivity contribution in [2.45, 2.75) is 27.7 Å². The van der Waals surface area contributed by atoms with E-state index < -0.39 is 52.2 Å². The van der Waals surface area contributed by atoms with Crippen molar-refractivity contribution in [3.8, 4) is 23.2 Å². The van der Waals surface area contributed by atoms with Crippen LogP contribution in [0.3, 0.4) is 0 Å². The van der Waals surface area contributed by atoms with Gasteiger partial charge >= 0.3 is 65.8 Å². The molecule has 0 saturated heterocycles. The third-order valence-electron chi connectivity index (χ3n) is 20.5. The molecule has 696 valence electrons. The zero-order chi connectivity index (χ0) is 93.1. The predicted molar refractivity (Wildman–Crippen MR) is 540 cm³/mol. The van der Waals surface area contributed by atoms with Gasteiger partial charge in [-0.2, -0.15) is 0 Å². The number of para-hydroxylation sites is 4. The van der Waals surface area contributed by atoms with Crippen molar-refractivity contribution in [1.29, 1.82) is 0 Å². The van der Waals surface area contributed by atoms with Crippen LogP contribution >= 0.6 is 47.5 Å². The molecule has 18 aromatic rings. The van der Waals surface area contributed by atoms with E-state index in [1.54, 1.807) is 0 Å². The average Bonchev–Trinajstić information content (AvgIpc) is 1.60. The van der Waals surface area contributed by atoms with Crippen molar-refractivity contribution in [2.24, 2.45) is 0 Å². The van der Waals surface area contributed by atoms with E-state index in [-0.39, 0.29) is 81.7 Å². The van der Waals surface area contributed by atoms with Gasteiger partial charge in [-0.3, -0.25) is 11.8 Å². The van der Waals surface area contributed by atoms with Gasteiger partial charge in [0.05, 0.1) is 11.0 Å². The molecule has 12 nitrogen and oxygen atoms in total. The van der Waals surface area contributed by atoms with Gasteiger partial charge in [-0.15, -0.1) is 55.9 Å². The molecule has 0 atom stereocenters. The summed E-state index contributed by atoms with van der Waals surface area (Å²) in [7, 11) is -12.4. The quantitative estimate of drug-likeness (QED) is 0.0241. The van der Waals surface area contributed by atoms with Crippen molar-refractivity contribution in [2.75, 3.05) is 50.0 Å². The average molecular weight is 2480 g/mol. The number of nitrogens with zero attached hydrogens (tertiary/aromatic N) is 2. The first-order chi connectivity index (χ1) is 64.4. The first-order valence-corrected chi connectivity index (χ1v) is 54.9. The summed E-state index contributed by atoms with van der Waals surface area (Å²) in [5.74, 6) is 9.80. The van der Waals surface area contributed by atoms with E-state index in [0.29, 0.717) is 0 Å². The van der Waals surface area contributed by atoms with Crippen LogP contribution in [0.4, 0.5) is 0 Å². The number of hydrogen-bond acceptors (Lipinski definition) is 10. The van der Waals surface area contributed by atoms with Crippen LogP contribution in [0, 0.1) is 45.2 Å². The summed E-state index contributed by atoms with van der Waals surface area (Å²) in [4.78, 5) is 0. The second kappa shape index (κ2) is 60.1. The Labute approximate surface area is 852 Å². The van der Waals surface area contributed by atoms with Gasteiger partial charge < -0.3 is 31.5 Å². The first-order valence-electron chi connectivity index (χ1n) is 42.9. The van der Waals surface area contributed by atoms with Gasteiger partial charge in [0.1, 0.15) is 0 Å². The Bertz CT molecular complexity index is 5730. The Morgan fingerprint density at radius 1 is 0.237 bits per heavy atom. The number of aromatic nitrogens is 2. The number of halogens is 2. The summed E-state index contributed by atoms with van der Waals surface area (Å²) in [6.45, 7) is 11.3. The topological polar surface area (TPSA) is 213 Å². The zero-order valence-corrected chi connectivity index (χ0v) is 88.2. The van der Waals surface area contributed by atoms with E-state index in [1.165, 1.54) is 109 Å². The molecule has 16 aromatic carbocycles. The van der Waals surface area contributed by atoms with Crippen LogP contribution in [0.15, 0.2) is 449 Å². The van der Waals surface area contributed by atoms with Crippen molar-refractivity contribution in [3.63, 3.8) is 0 Å². The third-order valence-corrected chi connectivity index (χ3v) is 39.9. The van der Waals surface area contributed by atoms with Crippen LogP contribution in [0.25, 0.3) is 55.0 Å². The van der Waals surface area contributed by atoms with Crippen LogP contribution in [0.2, 0.25) is 0 Å². The fourth-order valence-corrected chi connectivity index (χ4v) is 37.0. The summed E-state index contributed by atoms with van der Waals surface area (Å²) < 4.78 is 82.1. The SMILES string of the molecule is CCOCC.CCOCC.[Au+].[Au+].[C-]#Cc1ccc2c3ccccc3n(-c3ccccc3)c2c1.[C-]#Cc1ccc2c3ccccc3n(-c3ccccc3)c2c1.[O-][Cl+3]([O-])([O-])[O-].[O-][Cl+3]([O-])([O-])[O-].[Pt+2].c1ccc(P(CP(c2ccccc2)c2ccccc2)CP(c2ccccc2)c2ccccc2)cc1.c1ccc(P(CP(c2ccccc2)c2ccccc2)CP(c2ccccc2)c2ccccc2)cc1. The van der Waals surface area contributed by atoms with Crippen LogP contribution in [0.1, 0.15) is 38.8 Å². The maximum absolute atomic E-state index is 8.49. The molecule has 0 radical (unpaired) electrons. The van der Waals surface area contributed by atoms with Crippen LogP contribution in [-0.2, 0) is 75.3 Å². The molecule has 0 amide bonds. The van der Waals surface area contributed by atoms with E-state index in [9.17, 15) is 0 Å². The Kier molecular flexibility index (Phi) is 49.6. The minimum Gasteiger partial charge on any atom is -0.382 e. The van der Waals surface area contributed by atoms with Gasteiger partial charge in [-0.25, -0.2) is 37.3 Å². The Balaban J connectivity index is 0.000000209. The first kappa shape index (κ1) is 111. The molecule has 2 aromatic heterocycles. The molecule has 0 unspecified atom stereocenters. The van der Waals surface area contributed by atoms with Crippen molar-refractivity contribution >= 4 is 144 Å². The maximum atomic E-state index is 8.49. The van der Waals surface area contributed by atoms with E-state index in [0.717, 1.165) is 60.0 Å². The standard InChI is InChI=1S/2C32H29P3.2C20H12N.2C4H10O.2Au.2ClHO4.Pt/c2*1-6-16-28(17-7-1)33(26-34(29-18-8-2-9-19-29)30-20-10-3-11-21-30)27-35(31-22-12-4-13-23-31)32-24-14-5-15-25-32;2*1-2-15-12-13-18-17-10-6-7-11-19(17)21(20(18)14-15)16-8-4-3-5-9-16;2*1-3-5-4-2;;;2*2-1(3,4)5;/h2*1-25H,26-27H2;2*3-14H;2*3-4H2,1-2H3;;;2*(H,2,3,4,5);/q;;2*-1;;;2*+1;;;+2/p-2. The van der Waals surface area contributed by atoms with Crippen LogP contribution < -0.4 is 90.3 Å². The Hall–Kier alpha value is -8.83. The largest absolute Gasteiger partial charge is 2.00 e. The third kappa shape index (κ3) is 35.5. The monoisotopic (exact) mass is 2480 g/mol. The predicted octanol–water partition coefficient (Wildman–Crippen LogP) is 16.0. The molecule has 2 heterocycles. The molecular weight excluding hydrogens is 2380 g/mol. The zero-order valence-electron chi connectivity index (χ0n) is 74.7. The molecule has 0 aliphatic rings. The molecular formula is C112H102Au2Cl2N2O10P6Pt. The van der Waals surface area contributed by atoms with Gasteiger partial charge in [-0.05, 0) is 149 Å². The Morgan fingerprint density at radius 2 is 0.407 bits per heavy atom. The van der Waals surface area contributed by atoms with E-state index in [4.69, 9.17) is 59.6 Å². The van der Waals surface area contributed by atoms with E-state index in [2.05, 4.69) is 409 Å². The number of fused-ring (bicyclic) bond motifs is 6. The summed E-state index contributed by atoms with van der Waals surface area (Å²) in [5.41, 5.74) is 8.43. The Morgan fingerprint density at radius 3 is 0.593 bits per heavy atom. The smallest absolute Gasteiger partial charge is 0.382 e. The van der Waals surface area contributed by atoms with Crippen LogP contribution in [0.5, 0.6) is 0 Å². The molecule has 0 fully saturated rings. The van der Waals surface area contributed by atoms with Crippen molar-refractivity contribution in [3.05, 3.63) is 473 Å². The molecule has 23 heteroatoms.